The highest BCUT2D eigenvalue weighted by Crippen LogP contribution is 2.28. The third-order valence-corrected chi connectivity index (χ3v) is 2.38. The van der Waals surface area contributed by atoms with E-state index in [4.69, 9.17) is 10.4 Å². The summed E-state index contributed by atoms with van der Waals surface area (Å²) in [5.74, 6) is -1.45. The van der Waals surface area contributed by atoms with Gasteiger partial charge in [-0.3, -0.25) is 0 Å². The average molecular weight is 276 g/mol. The summed E-state index contributed by atoms with van der Waals surface area (Å²) < 4.78 is 25.1. The second kappa shape index (κ2) is 4.36. The molecule has 15 heavy (non-hydrogen) atoms. The lowest BCUT2D eigenvalue weighted by atomic mass is 10.0. The van der Waals surface area contributed by atoms with Gasteiger partial charge >= 0.3 is 5.97 Å². The van der Waals surface area contributed by atoms with Crippen LogP contribution < -0.4 is 0 Å². The molecule has 78 valence electrons. The first kappa shape index (κ1) is 11.6. The van der Waals surface area contributed by atoms with E-state index in [0.717, 1.165) is 12.1 Å². The molecule has 0 unspecified atom stereocenters. The normalized spacial score (nSPS) is 10.1. The third kappa shape index (κ3) is 2.30. The molecule has 0 aliphatic rings. The molecule has 0 heterocycles. The van der Waals surface area contributed by atoms with Gasteiger partial charge in [0, 0.05) is 10.0 Å². The second-order valence-corrected chi connectivity index (χ2v) is 3.49. The SMILES string of the molecule is N#Cc1cc(C(F)F)c(C(=O)O)cc1Br. The van der Waals surface area contributed by atoms with Crippen LogP contribution in [0.3, 0.4) is 0 Å². The van der Waals surface area contributed by atoms with Gasteiger partial charge in [0.2, 0.25) is 0 Å². The molecule has 0 saturated heterocycles. The quantitative estimate of drug-likeness (QED) is 0.903. The zero-order valence-corrected chi connectivity index (χ0v) is 8.75. The molecular weight excluding hydrogens is 272 g/mol. The van der Waals surface area contributed by atoms with Crippen LogP contribution in [0.5, 0.6) is 0 Å². The van der Waals surface area contributed by atoms with Crippen molar-refractivity contribution in [3.8, 4) is 6.07 Å². The monoisotopic (exact) mass is 275 g/mol. The van der Waals surface area contributed by atoms with Crippen LogP contribution >= 0.6 is 15.9 Å². The molecule has 0 spiro atoms. The van der Waals surface area contributed by atoms with Crippen LogP contribution in [0.4, 0.5) is 8.78 Å². The second-order valence-electron chi connectivity index (χ2n) is 2.64. The van der Waals surface area contributed by atoms with Crippen LogP contribution in [-0.2, 0) is 0 Å². The fourth-order valence-corrected chi connectivity index (χ4v) is 1.47. The van der Waals surface area contributed by atoms with Crippen LogP contribution in [-0.4, -0.2) is 11.1 Å². The van der Waals surface area contributed by atoms with Crippen LogP contribution in [0.1, 0.15) is 27.9 Å². The van der Waals surface area contributed by atoms with E-state index in [1.807, 2.05) is 0 Å². The number of carboxylic acids is 1. The lowest BCUT2D eigenvalue weighted by Gasteiger charge is -2.06. The van der Waals surface area contributed by atoms with Crippen LogP contribution in [0.2, 0.25) is 0 Å². The fraction of sp³-hybridized carbons (Fsp3) is 0.111. The Morgan fingerprint density at radius 3 is 2.53 bits per heavy atom. The Balaban J connectivity index is 3.47. The van der Waals surface area contributed by atoms with Gasteiger partial charge in [-0.2, -0.15) is 5.26 Å². The molecule has 6 heteroatoms. The van der Waals surface area contributed by atoms with Crippen molar-refractivity contribution in [1.29, 1.82) is 5.26 Å². The molecule has 1 rings (SSSR count). The molecule has 0 fully saturated rings. The number of rotatable bonds is 2. The topological polar surface area (TPSA) is 61.1 Å². The Labute approximate surface area is 92.1 Å². The molecule has 0 radical (unpaired) electrons. The van der Waals surface area contributed by atoms with Crippen molar-refractivity contribution >= 4 is 21.9 Å². The highest BCUT2D eigenvalue weighted by molar-refractivity contribution is 9.10. The van der Waals surface area contributed by atoms with Gasteiger partial charge in [0.15, 0.2) is 0 Å². The number of halogens is 3. The maximum Gasteiger partial charge on any atom is 0.336 e. The van der Waals surface area contributed by atoms with Crippen LogP contribution in [0, 0.1) is 11.3 Å². The van der Waals surface area contributed by atoms with Gasteiger partial charge in [-0.1, -0.05) is 0 Å². The number of hydrogen-bond acceptors (Lipinski definition) is 2. The van der Waals surface area contributed by atoms with E-state index in [0.29, 0.717) is 0 Å². The average Bonchev–Trinajstić information content (AvgIpc) is 2.16. The van der Waals surface area contributed by atoms with E-state index in [-0.39, 0.29) is 10.0 Å². The van der Waals surface area contributed by atoms with Gasteiger partial charge in [0.1, 0.15) is 6.07 Å². The van der Waals surface area contributed by atoms with Gasteiger partial charge in [-0.15, -0.1) is 0 Å². The molecular formula is C9H4BrF2NO2. The van der Waals surface area contributed by atoms with Crippen LogP contribution in [0.15, 0.2) is 16.6 Å². The van der Waals surface area contributed by atoms with E-state index in [1.54, 1.807) is 6.07 Å². The van der Waals surface area contributed by atoms with Gasteiger partial charge in [-0.05, 0) is 28.1 Å². The van der Waals surface area contributed by atoms with Crippen molar-refractivity contribution < 1.29 is 18.7 Å². The summed E-state index contributed by atoms with van der Waals surface area (Å²) in [5.41, 5.74) is -1.17. The third-order valence-electron chi connectivity index (χ3n) is 1.73. The van der Waals surface area contributed by atoms with E-state index in [1.165, 1.54) is 0 Å². The smallest absolute Gasteiger partial charge is 0.336 e. The van der Waals surface area contributed by atoms with Crippen molar-refractivity contribution in [2.45, 2.75) is 6.43 Å². The number of carboxylic acid groups (broad SMARTS) is 1. The summed E-state index contributed by atoms with van der Waals surface area (Å²) in [7, 11) is 0. The Bertz CT molecular complexity index is 454. The molecule has 0 aromatic heterocycles. The zero-order chi connectivity index (χ0) is 11.6. The van der Waals surface area contributed by atoms with Crippen molar-refractivity contribution in [2.24, 2.45) is 0 Å². The molecule has 1 aromatic carbocycles. The van der Waals surface area contributed by atoms with E-state index in [9.17, 15) is 13.6 Å². The van der Waals surface area contributed by atoms with E-state index >= 15 is 0 Å². The lowest BCUT2D eigenvalue weighted by molar-refractivity contribution is 0.0684. The molecule has 1 N–H and O–H groups in total. The predicted molar refractivity (Wildman–Crippen MR) is 50.8 cm³/mol. The van der Waals surface area contributed by atoms with Gasteiger partial charge in [0.05, 0.1) is 11.1 Å². The first-order valence-electron chi connectivity index (χ1n) is 3.72. The largest absolute Gasteiger partial charge is 0.478 e. The number of benzene rings is 1. The maximum atomic E-state index is 12.4. The number of nitrogens with zero attached hydrogens (tertiary/aromatic N) is 1. The molecule has 0 aliphatic heterocycles. The molecule has 0 amide bonds. The Morgan fingerprint density at radius 2 is 2.13 bits per heavy atom. The van der Waals surface area contributed by atoms with Crippen molar-refractivity contribution in [2.75, 3.05) is 0 Å². The van der Waals surface area contributed by atoms with Gasteiger partial charge in [-0.25, -0.2) is 13.6 Å². The number of hydrogen-bond donors (Lipinski definition) is 1. The molecule has 1 aromatic rings. The highest BCUT2D eigenvalue weighted by Gasteiger charge is 2.20. The highest BCUT2D eigenvalue weighted by atomic mass is 79.9. The molecule has 0 bridgehead atoms. The summed E-state index contributed by atoms with van der Waals surface area (Å²) in [6.45, 7) is 0. The first-order chi connectivity index (χ1) is 6.97. The molecule has 3 nitrogen and oxygen atoms in total. The first-order valence-corrected chi connectivity index (χ1v) is 4.51. The van der Waals surface area contributed by atoms with E-state index in [2.05, 4.69) is 15.9 Å². The molecule has 0 saturated carbocycles. The zero-order valence-electron chi connectivity index (χ0n) is 7.17. The number of carbonyl (C=O) groups is 1. The van der Waals surface area contributed by atoms with E-state index < -0.39 is 23.5 Å². The Hall–Kier alpha value is -1.48. The van der Waals surface area contributed by atoms with Crippen molar-refractivity contribution in [1.82, 2.24) is 0 Å². The summed E-state index contributed by atoms with van der Waals surface area (Å²) in [4.78, 5) is 10.6. The summed E-state index contributed by atoms with van der Waals surface area (Å²) in [6.07, 6.45) is -2.92. The minimum absolute atomic E-state index is 0.0182. The lowest BCUT2D eigenvalue weighted by Crippen LogP contribution is -2.04. The predicted octanol–water partition coefficient (Wildman–Crippen LogP) is 2.96. The summed E-state index contributed by atoms with van der Waals surface area (Å²) in [5, 5.41) is 17.2. The minimum Gasteiger partial charge on any atom is -0.478 e. The maximum absolute atomic E-state index is 12.4. The Morgan fingerprint density at radius 1 is 1.53 bits per heavy atom. The Kier molecular flexibility index (Phi) is 3.37. The number of nitriles is 1. The van der Waals surface area contributed by atoms with Gasteiger partial charge < -0.3 is 5.11 Å². The van der Waals surface area contributed by atoms with Crippen LogP contribution in [0.25, 0.3) is 0 Å². The number of aromatic carboxylic acids is 1. The van der Waals surface area contributed by atoms with Crippen molar-refractivity contribution in [3.05, 3.63) is 33.3 Å². The summed E-state index contributed by atoms with van der Waals surface area (Å²) in [6, 6.07) is 3.56. The van der Waals surface area contributed by atoms with Gasteiger partial charge in [0.25, 0.3) is 6.43 Å². The molecule has 0 aliphatic carbocycles. The fourth-order valence-electron chi connectivity index (χ4n) is 1.04. The standard InChI is InChI=1S/C9H4BrF2NO2/c10-7-2-6(9(14)15)5(8(11)12)1-4(7)3-13/h1-2,8H,(H,14,15). The summed E-state index contributed by atoms with van der Waals surface area (Å²) >= 11 is 2.93. The minimum atomic E-state index is -2.92. The molecule has 0 atom stereocenters. The van der Waals surface area contributed by atoms with Crippen molar-refractivity contribution in [3.63, 3.8) is 0 Å². The number of alkyl halides is 2.